The third-order valence-corrected chi connectivity index (χ3v) is 4.95. The summed E-state index contributed by atoms with van der Waals surface area (Å²) in [4.78, 5) is 8.76. The molecule has 0 radical (unpaired) electrons. The highest BCUT2D eigenvalue weighted by Crippen LogP contribution is 2.30. The molecular weight excluding hydrogens is 282 g/mol. The monoisotopic (exact) mass is 311 g/mol. The van der Waals surface area contributed by atoms with Gasteiger partial charge in [0.25, 0.3) is 0 Å². The van der Waals surface area contributed by atoms with Crippen molar-refractivity contribution >= 4 is 16.5 Å². The van der Waals surface area contributed by atoms with Crippen LogP contribution in [0.4, 0.5) is 5.13 Å². The van der Waals surface area contributed by atoms with Crippen LogP contribution in [-0.2, 0) is 17.7 Å². The maximum atomic E-state index is 5.73. The van der Waals surface area contributed by atoms with Crippen LogP contribution in [-0.4, -0.2) is 36.8 Å². The van der Waals surface area contributed by atoms with Gasteiger partial charge in [0.2, 0.25) is 0 Å². The van der Waals surface area contributed by atoms with Crippen molar-refractivity contribution < 1.29 is 4.74 Å². The van der Waals surface area contributed by atoms with Crippen LogP contribution in [0.5, 0.6) is 0 Å². The van der Waals surface area contributed by atoms with Gasteiger partial charge in [0, 0.05) is 18.0 Å². The minimum Gasteiger partial charge on any atom is -0.375 e. The Morgan fingerprint density at radius 3 is 2.86 bits per heavy atom. The van der Waals surface area contributed by atoms with Crippen molar-refractivity contribution in [1.82, 2.24) is 10.3 Å². The van der Waals surface area contributed by atoms with Gasteiger partial charge in [0.05, 0.1) is 24.4 Å². The number of aryl methyl sites for hydroxylation is 1. The summed E-state index contributed by atoms with van der Waals surface area (Å²) in [6, 6.07) is 0.415. The van der Waals surface area contributed by atoms with E-state index >= 15 is 0 Å². The number of hydrogen-bond donors (Lipinski definition) is 1. The highest BCUT2D eigenvalue weighted by atomic mass is 32.1. The van der Waals surface area contributed by atoms with Crippen molar-refractivity contribution in [2.75, 3.05) is 24.6 Å². The zero-order valence-electron chi connectivity index (χ0n) is 13.8. The average molecular weight is 311 g/mol. The first-order chi connectivity index (χ1) is 10.2. The molecule has 1 aliphatic rings. The van der Waals surface area contributed by atoms with E-state index in [1.807, 2.05) is 11.3 Å². The van der Waals surface area contributed by atoms with E-state index in [1.54, 1.807) is 0 Å². The maximum Gasteiger partial charge on any atom is 0.186 e. The summed E-state index contributed by atoms with van der Waals surface area (Å²) in [5.41, 5.74) is 1.28. The molecule has 1 N–H and O–H groups in total. The predicted octanol–water partition coefficient (Wildman–Crippen LogP) is 3.21. The number of morpholine rings is 1. The molecule has 2 heterocycles. The van der Waals surface area contributed by atoms with E-state index in [4.69, 9.17) is 9.72 Å². The van der Waals surface area contributed by atoms with Crippen LogP contribution in [0.15, 0.2) is 0 Å². The van der Waals surface area contributed by atoms with Gasteiger partial charge in [-0.3, -0.25) is 0 Å². The number of rotatable bonds is 7. The van der Waals surface area contributed by atoms with Gasteiger partial charge in [0.1, 0.15) is 0 Å². The molecular formula is C16H29N3OS. The fourth-order valence-electron chi connectivity index (χ4n) is 2.61. The molecule has 0 aliphatic carbocycles. The topological polar surface area (TPSA) is 37.4 Å². The number of nitrogens with zero attached hydrogens (tertiary/aromatic N) is 2. The molecule has 120 valence electrons. The van der Waals surface area contributed by atoms with Crippen molar-refractivity contribution in [3.8, 4) is 0 Å². The van der Waals surface area contributed by atoms with E-state index in [2.05, 4.69) is 37.9 Å². The van der Waals surface area contributed by atoms with E-state index in [1.165, 1.54) is 22.1 Å². The Morgan fingerprint density at radius 1 is 1.33 bits per heavy atom. The van der Waals surface area contributed by atoms with Crippen LogP contribution < -0.4 is 10.2 Å². The Balaban J connectivity index is 2.13. The highest BCUT2D eigenvalue weighted by molar-refractivity contribution is 7.15. The Kier molecular flexibility index (Phi) is 6.45. The van der Waals surface area contributed by atoms with Crippen LogP contribution in [0.2, 0.25) is 0 Å². The summed E-state index contributed by atoms with van der Waals surface area (Å²) in [5.74, 6) is 0. The molecule has 1 aliphatic heterocycles. The first kappa shape index (κ1) is 16.7. The van der Waals surface area contributed by atoms with Crippen LogP contribution in [0, 0.1) is 0 Å². The second kappa shape index (κ2) is 8.11. The SMILES string of the molecule is CCCNCc1sc(N2CC(C)OCC2C)nc1CCC. The molecule has 1 saturated heterocycles. The van der Waals surface area contributed by atoms with Gasteiger partial charge < -0.3 is 15.0 Å². The summed E-state index contributed by atoms with van der Waals surface area (Å²) in [5, 5.41) is 4.69. The highest BCUT2D eigenvalue weighted by Gasteiger charge is 2.26. The number of ether oxygens (including phenoxy) is 1. The molecule has 5 heteroatoms. The van der Waals surface area contributed by atoms with Gasteiger partial charge in [-0.15, -0.1) is 11.3 Å². The number of thiazole rings is 1. The van der Waals surface area contributed by atoms with Crippen LogP contribution in [0.3, 0.4) is 0 Å². The molecule has 0 aromatic carbocycles. The standard InChI is InChI=1S/C16H29N3OS/c1-5-7-14-15(9-17-8-6-2)21-16(18-14)19-10-13(4)20-11-12(19)3/h12-13,17H,5-11H2,1-4H3. The molecule has 0 amide bonds. The Morgan fingerprint density at radius 2 is 2.14 bits per heavy atom. The van der Waals surface area contributed by atoms with E-state index < -0.39 is 0 Å². The lowest BCUT2D eigenvalue weighted by atomic mass is 10.2. The van der Waals surface area contributed by atoms with Gasteiger partial charge in [-0.1, -0.05) is 20.3 Å². The fraction of sp³-hybridized carbons (Fsp3) is 0.812. The van der Waals surface area contributed by atoms with Crippen molar-refractivity contribution in [3.05, 3.63) is 10.6 Å². The molecule has 2 unspecified atom stereocenters. The Bertz CT molecular complexity index is 435. The largest absolute Gasteiger partial charge is 0.375 e. The van der Waals surface area contributed by atoms with Crippen LogP contribution in [0.1, 0.15) is 51.1 Å². The zero-order valence-corrected chi connectivity index (χ0v) is 14.6. The quantitative estimate of drug-likeness (QED) is 0.785. The third kappa shape index (κ3) is 4.41. The maximum absolute atomic E-state index is 5.73. The smallest absolute Gasteiger partial charge is 0.186 e. The number of nitrogens with one attached hydrogen (secondary N) is 1. The number of aromatic nitrogens is 1. The van der Waals surface area contributed by atoms with Gasteiger partial charge in [0.15, 0.2) is 5.13 Å². The minimum atomic E-state index is 0.293. The van der Waals surface area contributed by atoms with E-state index in [-0.39, 0.29) is 0 Å². The summed E-state index contributed by atoms with van der Waals surface area (Å²) in [7, 11) is 0. The minimum absolute atomic E-state index is 0.293. The molecule has 21 heavy (non-hydrogen) atoms. The summed E-state index contributed by atoms with van der Waals surface area (Å²) >= 11 is 1.86. The summed E-state index contributed by atoms with van der Waals surface area (Å²) < 4.78 is 5.73. The second-order valence-electron chi connectivity index (χ2n) is 5.94. The van der Waals surface area contributed by atoms with E-state index in [0.29, 0.717) is 12.1 Å². The lowest BCUT2D eigenvalue weighted by molar-refractivity contribution is 0.0343. The molecule has 1 fully saturated rings. The molecule has 0 saturated carbocycles. The molecule has 0 spiro atoms. The van der Waals surface area contributed by atoms with Gasteiger partial charge in [-0.2, -0.15) is 0 Å². The van der Waals surface area contributed by atoms with Gasteiger partial charge in [-0.25, -0.2) is 4.98 Å². The van der Waals surface area contributed by atoms with Gasteiger partial charge >= 0.3 is 0 Å². The summed E-state index contributed by atoms with van der Waals surface area (Å²) in [6.45, 7) is 12.6. The van der Waals surface area contributed by atoms with Crippen LogP contribution in [0.25, 0.3) is 0 Å². The zero-order chi connectivity index (χ0) is 15.2. The van der Waals surface area contributed by atoms with E-state index in [9.17, 15) is 0 Å². The third-order valence-electron chi connectivity index (χ3n) is 3.82. The van der Waals surface area contributed by atoms with Crippen molar-refractivity contribution in [3.63, 3.8) is 0 Å². The predicted molar refractivity (Wildman–Crippen MR) is 90.3 cm³/mol. The lowest BCUT2D eigenvalue weighted by Gasteiger charge is -2.36. The van der Waals surface area contributed by atoms with Crippen molar-refractivity contribution in [1.29, 1.82) is 0 Å². The molecule has 2 atom stereocenters. The normalized spacial score (nSPS) is 22.8. The van der Waals surface area contributed by atoms with Crippen molar-refractivity contribution in [2.24, 2.45) is 0 Å². The Hall–Kier alpha value is -0.650. The number of anilines is 1. The average Bonchev–Trinajstić information content (AvgIpc) is 2.85. The fourth-order valence-corrected chi connectivity index (χ4v) is 3.80. The molecule has 1 aromatic heterocycles. The molecule has 2 rings (SSSR count). The van der Waals surface area contributed by atoms with Crippen LogP contribution >= 0.6 is 11.3 Å². The molecule has 1 aromatic rings. The van der Waals surface area contributed by atoms with E-state index in [0.717, 1.165) is 39.1 Å². The second-order valence-corrected chi connectivity index (χ2v) is 7.00. The van der Waals surface area contributed by atoms with Gasteiger partial charge in [-0.05, 0) is 33.2 Å². The van der Waals surface area contributed by atoms with Crippen molar-refractivity contribution in [2.45, 2.75) is 65.6 Å². The first-order valence-electron chi connectivity index (χ1n) is 8.23. The summed E-state index contributed by atoms with van der Waals surface area (Å²) in [6.07, 6.45) is 3.70. The Labute approximate surface area is 132 Å². The first-order valence-corrected chi connectivity index (χ1v) is 9.04. The number of hydrogen-bond acceptors (Lipinski definition) is 5. The molecule has 4 nitrogen and oxygen atoms in total. The lowest BCUT2D eigenvalue weighted by Crippen LogP contribution is -2.47. The molecule has 0 bridgehead atoms.